The Kier molecular flexibility index (Phi) is 7.22. The molecule has 0 radical (unpaired) electrons. The lowest BCUT2D eigenvalue weighted by Gasteiger charge is -2.21. The van der Waals surface area contributed by atoms with E-state index in [1.54, 1.807) is 31.4 Å². The molecule has 0 fully saturated rings. The van der Waals surface area contributed by atoms with Crippen molar-refractivity contribution in [2.24, 2.45) is 0 Å². The predicted octanol–water partition coefficient (Wildman–Crippen LogP) is 5.00. The van der Waals surface area contributed by atoms with Crippen molar-refractivity contribution in [2.45, 2.75) is 19.6 Å². The van der Waals surface area contributed by atoms with Crippen LogP contribution in [0.3, 0.4) is 0 Å². The van der Waals surface area contributed by atoms with Crippen LogP contribution in [-0.2, 0) is 19.6 Å². The number of aromatic nitrogens is 2. The van der Waals surface area contributed by atoms with Crippen LogP contribution in [-0.4, -0.2) is 28.1 Å². The lowest BCUT2D eigenvalue weighted by molar-refractivity contribution is 0.102. The molecule has 162 valence electrons. The maximum atomic E-state index is 12.6. The molecule has 0 spiro atoms. The number of rotatable bonds is 9. The van der Waals surface area contributed by atoms with Crippen molar-refractivity contribution in [2.75, 3.05) is 12.4 Å². The fourth-order valence-electron chi connectivity index (χ4n) is 3.31. The van der Waals surface area contributed by atoms with Crippen LogP contribution in [0.5, 0.6) is 5.75 Å². The molecule has 0 saturated carbocycles. The van der Waals surface area contributed by atoms with Gasteiger partial charge in [0.2, 0.25) is 5.01 Å². The summed E-state index contributed by atoms with van der Waals surface area (Å²) in [6, 6.07) is 27.9. The number of hydrogen-bond acceptors (Lipinski definition) is 6. The molecule has 0 aliphatic rings. The van der Waals surface area contributed by atoms with E-state index in [9.17, 15) is 4.79 Å². The van der Waals surface area contributed by atoms with E-state index in [1.165, 1.54) is 22.5 Å². The second kappa shape index (κ2) is 10.7. The Morgan fingerprint density at radius 1 is 0.844 bits per heavy atom. The highest BCUT2D eigenvalue weighted by Crippen LogP contribution is 2.19. The highest BCUT2D eigenvalue weighted by molar-refractivity contribution is 7.13. The molecule has 0 bridgehead atoms. The summed E-state index contributed by atoms with van der Waals surface area (Å²) >= 11 is 1.32. The molecule has 0 saturated heterocycles. The van der Waals surface area contributed by atoms with E-state index in [-0.39, 0.29) is 5.91 Å². The van der Waals surface area contributed by atoms with Crippen molar-refractivity contribution in [3.05, 3.63) is 106 Å². The van der Waals surface area contributed by atoms with Gasteiger partial charge in [-0.2, -0.15) is 0 Å². The molecular formula is C25H24N4O2S. The number of ether oxygens (including phenoxy) is 1. The number of methoxy groups -OCH3 is 1. The van der Waals surface area contributed by atoms with Crippen molar-refractivity contribution in [3.8, 4) is 5.75 Å². The highest BCUT2D eigenvalue weighted by atomic mass is 32.1. The molecule has 4 aromatic rings. The molecule has 3 aromatic carbocycles. The molecule has 1 amide bonds. The number of anilines is 1. The van der Waals surface area contributed by atoms with Gasteiger partial charge in [0, 0.05) is 18.8 Å². The van der Waals surface area contributed by atoms with Gasteiger partial charge in [0.05, 0.1) is 13.7 Å². The largest absolute Gasteiger partial charge is 0.497 e. The SMILES string of the molecule is COc1ccc(NC(=O)c2nnc(CN(Cc3ccccc3)Cc3ccccc3)s2)cc1. The number of nitrogens with zero attached hydrogens (tertiary/aromatic N) is 3. The van der Waals surface area contributed by atoms with Crippen LogP contribution in [0.15, 0.2) is 84.9 Å². The van der Waals surface area contributed by atoms with Crippen LogP contribution < -0.4 is 10.1 Å². The minimum Gasteiger partial charge on any atom is -0.497 e. The van der Waals surface area contributed by atoms with E-state index in [4.69, 9.17) is 4.74 Å². The lowest BCUT2D eigenvalue weighted by Crippen LogP contribution is -2.22. The van der Waals surface area contributed by atoms with Gasteiger partial charge >= 0.3 is 0 Å². The summed E-state index contributed by atoms with van der Waals surface area (Å²) in [6.45, 7) is 2.17. The van der Waals surface area contributed by atoms with Gasteiger partial charge in [-0.15, -0.1) is 10.2 Å². The topological polar surface area (TPSA) is 67.3 Å². The Hall–Kier alpha value is -3.55. The Morgan fingerprint density at radius 3 is 2.00 bits per heavy atom. The first-order valence-corrected chi connectivity index (χ1v) is 11.1. The molecule has 1 aromatic heterocycles. The van der Waals surface area contributed by atoms with Crippen molar-refractivity contribution in [1.29, 1.82) is 0 Å². The van der Waals surface area contributed by atoms with Crippen LogP contribution in [0, 0.1) is 0 Å². The number of benzene rings is 3. The van der Waals surface area contributed by atoms with Gasteiger partial charge < -0.3 is 10.1 Å². The monoisotopic (exact) mass is 444 g/mol. The number of hydrogen-bond donors (Lipinski definition) is 1. The van der Waals surface area contributed by atoms with Gasteiger partial charge in [-0.25, -0.2) is 0 Å². The third kappa shape index (κ3) is 6.00. The molecule has 4 rings (SSSR count). The molecule has 7 heteroatoms. The van der Waals surface area contributed by atoms with E-state index in [2.05, 4.69) is 44.7 Å². The smallest absolute Gasteiger partial charge is 0.286 e. The first-order chi connectivity index (χ1) is 15.7. The van der Waals surface area contributed by atoms with Crippen LogP contribution >= 0.6 is 11.3 Å². The van der Waals surface area contributed by atoms with Crippen molar-refractivity contribution < 1.29 is 9.53 Å². The average molecular weight is 445 g/mol. The highest BCUT2D eigenvalue weighted by Gasteiger charge is 2.16. The number of carbonyl (C=O) groups excluding carboxylic acids is 1. The summed E-state index contributed by atoms with van der Waals surface area (Å²) in [6.07, 6.45) is 0. The Bertz CT molecular complexity index is 1090. The Morgan fingerprint density at radius 2 is 1.44 bits per heavy atom. The molecule has 0 atom stereocenters. The second-order valence-corrected chi connectivity index (χ2v) is 8.36. The van der Waals surface area contributed by atoms with Gasteiger partial charge in [0.25, 0.3) is 5.91 Å². The summed E-state index contributed by atoms with van der Waals surface area (Å²) in [7, 11) is 1.61. The van der Waals surface area contributed by atoms with Gasteiger partial charge in [0.1, 0.15) is 10.8 Å². The molecule has 0 aliphatic heterocycles. The minimum atomic E-state index is -0.267. The number of nitrogens with one attached hydrogen (secondary N) is 1. The third-order valence-corrected chi connectivity index (χ3v) is 5.77. The second-order valence-electron chi connectivity index (χ2n) is 7.30. The van der Waals surface area contributed by atoms with E-state index in [1.807, 2.05) is 36.4 Å². The first-order valence-electron chi connectivity index (χ1n) is 10.3. The van der Waals surface area contributed by atoms with Gasteiger partial charge in [0.15, 0.2) is 0 Å². The van der Waals surface area contributed by atoms with E-state index >= 15 is 0 Å². The quantitative estimate of drug-likeness (QED) is 0.393. The van der Waals surface area contributed by atoms with Crippen molar-refractivity contribution >= 4 is 22.9 Å². The fraction of sp³-hybridized carbons (Fsp3) is 0.160. The summed E-state index contributed by atoms with van der Waals surface area (Å²) in [5, 5.41) is 12.4. The van der Waals surface area contributed by atoms with E-state index < -0.39 is 0 Å². The van der Waals surface area contributed by atoms with Crippen LogP contribution in [0.4, 0.5) is 5.69 Å². The van der Waals surface area contributed by atoms with Gasteiger partial charge in [-0.05, 0) is 35.4 Å². The summed E-state index contributed by atoms with van der Waals surface area (Å²) in [4.78, 5) is 14.9. The molecule has 1 heterocycles. The fourth-order valence-corrected chi connectivity index (χ4v) is 4.09. The average Bonchev–Trinajstić information content (AvgIpc) is 3.29. The first kappa shape index (κ1) is 21.7. The van der Waals surface area contributed by atoms with E-state index in [0.29, 0.717) is 17.2 Å². The zero-order chi connectivity index (χ0) is 22.2. The zero-order valence-corrected chi connectivity index (χ0v) is 18.6. The van der Waals surface area contributed by atoms with Crippen molar-refractivity contribution in [3.63, 3.8) is 0 Å². The normalized spacial score (nSPS) is 10.8. The maximum Gasteiger partial charge on any atom is 0.286 e. The van der Waals surface area contributed by atoms with Crippen LogP contribution in [0.25, 0.3) is 0 Å². The standard InChI is InChI=1S/C25H24N4O2S/c1-31-22-14-12-21(13-15-22)26-24(30)25-28-27-23(32-25)18-29(16-19-8-4-2-5-9-19)17-20-10-6-3-7-11-20/h2-15H,16-18H2,1H3,(H,26,30). The molecule has 6 nitrogen and oxygen atoms in total. The van der Waals surface area contributed by atoms with Crippen LogP contribution in [0.2, 0.25) is 0 Å². The summed E-state index contributed by atoms with van der Waals surface area (Å²) < 4.78 is 5.15. The molecule has 1 N–H and O–H groups in total. The lowest BCUT2D eigenvalue weighted by atomic mass is 10.1. The predicted molar refractivity (Wildman–Crippen MR) is 127 cm³/mol. The Balaban J connectivity index is 1.44. The maximum absolute atomic E-state index is 12.6. The number of amides is 1. The van der Waals surface area contributed by atoms with Gasteiger partial charge in [-0.1, -0.05) is 72.0 Å². The van der Waals surface area contributed by atoms with Crippen LogP contribution in [0.1, 0.15) is 25.9 Å². The number of carbonyl (C=O) groups is 1. The molecule has 32 heavy (non-hydrogen) atoms. The summed E-state index contributed by atoms with van der Waals surface area (Å²) in [5.41, 5.74) is 3.14. The van der Waals surface area contributed by atoms with Crippen molar-refractivity contribution in [1.82, 2.24) is 15.1 Å². The third-order valence-electron chi connectivity index (χ3n) is 4.87. The minimum absolute atomic E-state index is 0.267. The zero-order valence-electron chi connectivity index (χ0n) is 17.8. The Labute approximate surface area is 191 Å². The molecule has 0 unspecified atom stereocenters. The van der Waals surface area contributed by atoms with E-state index in [0.717, 1.165) is 23.8 Å². The molecular weight excluding hydrogens is 420 g/mol. The molecule has 0 aliphatic carbocycles. The van der Waals surface area contributed by atoms with Gasteiger partial charge in [-0.3, -0.25) is 9.69 Å². The summed E-state index contributed by atoms with van der Waals surface area (Å²) in [5.74, 6) is 0.467.